The molecule has 76 valence electrons. The van der Waals surface area contributed by atoms with Crippen LogP contribution in [0.1, 0.15) is 24.0 Å². The lowest BCUT2D eigenvalue weighted by molar-refractivity contribution is 0.151. The number of methoxy groups -OCH3 is 1. The van der Waals surface area contributed by atoms with Crippen LogP contribution < -0.4 is 4.74 Å². The van der Waals surface area contributed by atoms with Gasteiger partial charge in [-0.2, -0.15) is 0 Å². The van der Waals surface area contributed by atoms with Crippen molar-refractivity contribution in [1.29, 1.82) is 0 Å². The fourth-order valence-corrected chi connectivity index (χ4v) is 1.75. The molecule has 1 saturated carbocycles. The molecule has 2 nitrogen and oxygen atoms in total. The van der Waals surface area contributed by atoms with Crippen molar-refractivity contribution in [2.45, 2.75) is 25.4 Å². The van der Waals surface area contributed by atoms with Crippen molar-refractivity contribution in [3.05, 3.63) is 28.3 Å². The van der Waals surface area contributed by atoms with Crippen LogP contribution in [0.3, 0.4) is 0 Å². The lowest BCUT2D eigenvalue weighted by Gasteiger charge is -2.13. The molecule has 14 heavy (non-hydrogen) atoms. The second kappa shape index (κ2) is 3.14. The first-order valence-corrected chi connectivity index (χ1v) is 5.01. The summed E-state index contributed by atoms with van der Waals surface area (Å²) in [5.41, 5.74) is 1.24. The molecule has 0 saturated heterocycles. The second-order valence-electron chi connectivity index (χ2n) is 3.84. The van der Waals surface area contributed by atoms with Crippen molar-refractivity contribution < 1.29 is 9.84 Å². The zero-order valence-electron chi connectivity index (χ0n) is 8.30. The normalized spacial score (nSPS) is 18.0. The van der Waals surface area contributed by atoms with E-state index < -0.39 is 5.60 Å². The number of aliphatic hydroxyl groups is 1. The van der Waals surface area contributed by atoms with Crippen molar-refractivity contribution in [3.8, 4) is 5.75 Å². The Morgan fingerprint density at radius 1 is 1.43 bits per heavy atom. The summed E-state index contributed by atoms with van der Waals surface area (Å²) in [5.74, 6) is 0.641. The van der Waals surface area contributed by atoms with E-state index in [0.29, 0.717) is 10.8 Å². The topological polar surface area (TPSA) is 29.5 Å². The Kier molecular flexibility index (Phi) is 2.20. The molecule has 3 heteroatoms. The lowest BCUT2D eigenvalue weighted by Crippen LogP contribution is -2.05. The van der Waals surface area contributed by atoms with Crippen LogP contribution in [-0.4, -0.2) is 12.2 Å². The standard InChI is InChI=1S/C11H13ClO2/c1-7-5-8(11(13)3-4-11)6-9(14-2)10(7)12/h5-6,13H,3-4H2,1-2H3. The Balaban J connectivity index is 2.48. The van der Waals surface area contributed by atoms with E-state index in [-0.39, 0.29) is 0 Å². The van der Waals surface area contributed by atoms with Crippen LogP contribution in [-0.2, 0) is 5.60 Å². The molecule has 0 amide bonds. The Morgan fingerprint density at radius 3 is 2.57 bits per heavy atom. The Morgan fingerprint density at radius 2 is 2.07 bits per heavy atom. The fraction of sp³-hybridized carbons (Fsp3) is 0.455. The molecule has 1 aromatic carbocycles. The van der Waals surface area contributed by atoms with E-state index >= 15 is 0 Å². The van der Waals surface area contributed by atoms with Crippen LogP contribution >= 0.6 is 11.6 Å². The first kappa shape index (κ1) is 9.81. The van der Waals surface area contributed by atoms with Gasteiger partial charge in [0.05, 0.1) is 17.7 Å². The summed E-state index contributed by atoms with van der Waals surface area (Å²) >= 11 is 6.03. The van der Waals surface area contributed by atoms with E-state index in [4.69, 9.17) is 16.3 Å². The highest BCUT2D eigenvalue weighted by Gasteiger charge is 2.42. The molecule has 0 aromatic heterocycles. The Labute approximate surface area is 88.5 Å². The maximum Gasteiger partial charge on any atom is 0.138 e. The van der Waals surface area contributed by atoms with Gasteiger partial charge >= 0.3 is 0 Å². The fourth-order valence-electron chi connectivity index (χ4n) is 1.56. The molecule has 1 aromatic rings. The number of benzene rings is 1. The second-order valence-corrected chi connectivity index (χ2v) is 4.22. The minimum absolute atomic E-state index is 0.622. The highest BCUT2D eigenvalue weighted by atomic mass is 35.5. The van der Waals surface area contributed by atoms with Gasteiger partial charge in [0.2, 0.25) is 0 Å². The SMILES string of the molecule is COc1cc(C2(O)CC2)cc(C)c1Cl. The van der Waals surface area contributed by atoms with Crippen LogP contribution in [0.5, 0.6) is 5.75 Å². The molecular weight excluding hydrogens is 200 g/mol. The third-order valence-corrected chi connectivity index (χ3v) is 3.19. The van der Waals surface area contributed by atoms with E-state index in [1.54, 1.807) is 7.11 Å². The molecule has 0 bridgehead atoms. The molecule has 0 atom stereocenters. The van der Waals surface area contributed by atoms with Gasteiger partial charge in [-0.15, -0.1) is 0 Å². The molecule has 0 unspecified atom stereocenters. The zero-order valence-corrected chi connectivity index (χ0v) is 9.06. The lowest BCUT2D eigenvalue weighted by atomic mass is 10.0. The molecule has 0 heterocycles. The Hall–Kier alpha value is -0.730. The van der Waals surface area contributed by atoms with Crippen molar-refractivity contribution in [3.63, 3.8) is 0 Å². The summed E-state index contributed by atoms with van der Waals surface area (Å²) < 4.78 is 5.15. The summed E-state index contributed by atoms with van der Waals surface area (Å²) in [4.78, 5) is 0. The zero-order chi connectivity index (χ0) is 10.3. The van der Waals surface area contributed by atoms with Gasteiger partial charge in [-0.1, -0.05) is 17.7 Å². The van der Waals surface area contributed by atoms with Gasteiger partial charge in [0.15, 0.2) is 0 Å². The molecule has 1 N–H and O–H groups in total. The number of rotatable bonds is 2. The van der Waals surface area contributed by atoms with Gasteiger partial charge in [0, 0.05) is 0 Å². The monoisotopic (exact) mass is 212 g/mol. The number of hydrogen-bond donors (Lipinski definition) is 1. The van der Waals surface area contributed by atoms with Gasteiger partial charge < -0.3 is 9.84 Å². The molecule has 1 aliphatic rings. The third-order valence-electron chi connectivity index (χ3n) is 2.70. The van der Waals surface area contributed by atoms with Crippen molar-refractivity contribution in [2.75, 3.05) is 7.11 Å². The number of halogens is 1. The average molecular weight is 213 g/mol. The molecule has 0 spiro atoms. The maximum absolute atomic E-state index is 9.94. The van der Waals surface area contributed by atoms with Crippen LogP contribution in [0.4, 0.5) is 0 Å². The van der Waals surface area contributed by atoms with Crippen molar-refractivity contribution in [1.82, 2.24) is 0 Å². The third kappa shape index (κ3) is 1.49. The van der Waals surface area contributed by atoms with E-state index in [1.807, 2.05) is 19.1 Å². The van der Waals surface area contributed by atoms with Gasteiger partial charge in [-0.3, -0.25) is 0 Å². The predicted octanol–water partition coefficient (Wildman–Crippen LogP) is 2.64. The summed E-state index contributed by atoms with van der Waals surface area (Å²) in [7, 11) is 1.58. The van der Waals surface area contributed by atoms with Gasteiger partial charge in [0.25, 0.3) is 0 Å². The van der Waals surface area contributed by atoms with Crippen molar-refractivity contribution >= 4 is 11.6 Å². The summed E-state index contributed by atoms with van der Waals surface area (Å²) in [5, 5.41) is 10.6. The average Bonchev–Trinajstić information content (AvgIpc) is 2.89. The quantitative estimate of drug-likeness (QED) is 0.817. The number of aryl methyl sites for hydroxylation is 1. The van der Waals surface area contributed by atoms with E-state index in [1.165, 1.54) is 0 Å². The molecule has 1 aliphatic carbocycles. The highest BCUT2D eigenvalue weighted by molar-refractivity contribution is 6.32. The summed E-state index contributed by atoms with van der Waals surface area (Å²) in [6, 6.07) is 3.75. The van der Waals surface area contributed by atoms with Crippen LogP contribution in [0.2, 0.25) is 5.02 Å². The maximum atomic E-state index is 9.94. The molecule has 2 rings (SSSR count). The first-order valence-electron chi connectivity index (χ1n) is 4.64. The highest BCUT2D eigenvalue weighted by Crippen LogP contribution is 2.47. The molecule has 0 aliphatic heterocycles. The van der Waals surface area contributed by atoms with E-state index in [0.717, 1.165) is 24.0 Å². The minimum atomic E-state index is -0.622. The Bertz CT molecular complexity index is 370. The van der Waals surface area contributed by atoms with Gasteiger partial charge in [-0.25, -0.2) is 0 Å². The first-order chi connectivity index (χ1) is 6.57. The van der Waals surface area contributed by atoms with E-state index in [9.17, 15) is 5.11 Å². The van der Waals surface area contributed by atoms with Crippen LogP contribution in [0.25, 0.3) is 0 Å². The minimum Gasteiger partial charge on any atom is -0.495 e. The summed E-state index contributed by atoms with van der Waals surface area (Å²) in [6.07, 6.45) is 1.66. The van der Waals surface area contributed by atoms with Crippen molar-refractivity contribution in [2.24, 2.45) is 0 Å². The molecule has 1 fully saturated rings. The smallest absolute Gasteiger partial charge is 0.138 e. The van der Waals surface area contributed by atoms with E-state index in [2.05, 4.69) is 0 Å². The van der Waals surface area contributed by atoms with Crippen LogP contribution in [0, 0.1) is 6.92 Å². The number of ether oxygens (including phenoxy) is 1. The summed E-state index contributed by atoms with van der Waals surface area (Å²) in [6.45, 7) is 1.92. The van der Waals surface area contributed by atoms with Gasteiger partial charge in [-0.05, 0) is 37.0 Å². The van der Waals surface area contributed by atoms with Crippen LogP contribution in [0.15, 0.2) is 12.1 Å². The van der Waals surface area contributed by atoms with Gasteiger partial charge in [0.1, 0.15) is 5.75 Å². The predicted molar refractivity (Wildman–Crippen MR) is 55.9 cm³/mol. The molecular formula is C11H13ClO2. The number of hydrogen-bond acceptors (Lipinski definition) is 2. The molecule has 0 radical (unpaired) electrons. The largest absolute Gasteiger partial charge is 0.495 e.